The SMILES string of the molecule is CC(=O)OC[C@@H]1CC[C@H](OC2CC(N=[N+]=[N-])CC(N=[N+]=[N-])C2)O1. The molecule has 1 aliphatic carbocycles. The molecule has 1 saturated heterocycles. The molecule has 0 N–H and O–H groups in total. The lowest BCUT2D eigenvalue weighted by atomic mass is 9.89. The molecule has 126 valence electrons. The topological polar surface area (TPSA) is 142 Å². The molecule has 0 aromatic carbocycles. The van der Waals surface area contributed by atoms with Crippen LogP contribution in [0.4, 0.5) is 0 Å². The van der Waals surface area contributed by atoms with Crippen LogP contribution < -0.4 is 0 Å². The molecule has 0 aromatic heterocycles. The van der Waals surface area contributed by atoms with Crippen molar-refractivity contribution in [1.82, 2.24) is 0 Å². The van der Waals surface area contributed by atoms with Crippen molar-refractivity contribution >= 4 is 5.97 Å². The highest BCUT2D eigenvalue weighted by molar-refractivity contribution is 5.65. The van der Waals surface area contributed by atoms with Crippen LogP contribution in [0.5, 0.6) is 0 Å². The number of hydrogen-bond donors (Lipinski definition) is 0. The van der Waals surface area contributed by atoms with Gasteiger partial charge in [-0.15, -0.1) is 0 Å². The van der Waals surface area contributed by atoms with Gasteiger partial charge in [-0.3, -0.25) is 4.79 Å². The monoisotopic (exact) mass is 324 g/mol. The number of hydrogen-bond acceptors (Lipinski definition) is 6. The van der Waals surface area contributed by atoms with Crippen molar-refractivity contribution in [1.29, 1.82) is 0 Å². The Morgan fingerprint density at radius 2 is 1.83 bits per heavy atom. The van der Waals surface area contributed by atoms with Gasteiger partial charge in [0, 0.05) is 35.3 Å². The molecule has 1 heterocycles. The van der Waals surface area contributed by atoms with Crippen LogP contribution in [0.1, 0.15) is 39.0 Å². The van der Waals surface area contributed by atoms with Crippen molar-refractivity contribution in [2.75, 3.05) is 6.61 Å². The van der Waals surface area contributed by atoms with E-state index in [2.05, 4.69) is 20.1 Å². The third-order valence-corrected chi connectivity index (χ3v) is 3.93. The zero-order chi connectivity index (χ0) is 16.7. The second-order valence-corrected chi connectivity index (χ2v) is 5.75. The molecule has 0 spiro atoms. The largest absolute Gasteiger partial charge is 0.463 e. The zero-order valence-electron chi connectivity index (χ0n) is 12.9. The maximum Gasteiger partial charge on any atom is 0.302 e. The first kappa shape index (κ1) is 17.4. The van der Waals surface area contributed by atoms with Crippen LogP contribution >= 0.6 is 0 Å². The van der Waals surface area contributed by atoms with Crippen molar-refractivity contribution in [2.45, 2.75) is 69.6 Å². The summed E-state index contributed by atoms with van der Waals surface area (Å²) >= 11 is 0. The molecule has 2 aliphatic rings. The molecule has 2 rings (SSSR count). The Bertz CT molecular complexity index is 491. The predicted octanol–water partition coefficient (Wildman–Crippen LogP) is 2.98. The molecule has 1 saturated carbocycles. The molecule has 10 nitrogen and oxygen atoms in total. The summed E-state index contributed by atoms with van der Waals surface area (Å²) in [6, 6.07) is -0.486. The second-order valence-electron chi connectivity index (χ2n) is 5.75. The van der Waals surface area contributed by atoms with Gasteiger partial charge < -0.3 is 14.2 Å². The number of rotatable bonds is 6. The first-order valence-corrected chi connectivity index (χ1v) is 7.63. The van der Waals surface area contributed by atoms with Crippen LogP contribution in [0.2, 0.25) is 0 Å². The third kappa shape index (κ3) is 5.61. The Balaban J connectivity index is 1.84. The van der Waals surface area contributed by atoms with Gasteiger partial charge in [0.1, 0.15) is 6.61 Å². The van der Waals surface area contributed by atoms with Crippen molar-refractivity contribution in [3.8, 4) is 0 Å². The van der Waals surface area contributed by atoms with E-state index in [1.54, 1.807) is 0 Å². The standard InChI is InChI=1S/C13H20N6O4/c1-8(20)21-7-11-2-3-13(22-11)23-12-5-9(16-18-14)4-10(6-12)17-19-15/h9-13H,2-7H2,1H3/t9?,10?,11-,12?,13-/m0/s1. The Morgan fingerprint density at radius 1 is 1.17 bits per heavy atom. The average Bonchev–Trinajstić information content (AvgIpc) is 2.93. The van der Waals surface area contributed by atoms with Crippen molar-refractivity contribution in [2.24, 2.45) is 10.2 Å². The highest BCUT2D eigenvalue weighted by atomic mass is 16.7. The molecule has 0 aromatic rings. The minimum Gasteiger partial charge on any atom is -0.463 e. The van der Waals surface area contributed by atoms with Crippen LogP contribution in [0.3, 0.4) is 0 Å². The summed E-state index contributed by atoms with van der Waals surface area (Å²) in [7, 11) is 0. The van der Waals surface area contributed by atoms with E-state index >= 15 is 0 Å². The molecule has 2 unspecified atom stereocenters. The lowest BCUT2D eigenvalue weighted by molar-refractivity contribution is -0.180. The summed E-state index contributed by atoms with van der Waals surface area (Å²) in [5, 5.41) is 7.45. The number of carbonyl (C=O) groups excluding carboxylic acids is 1. The molecular formula is C13H20N6O4. The maximum atomic E-state index is 10.8. The Morgan fingerprint density at radius 3 is 2.39 bits per heavy atom. The first-order valence-electron chi connectivity index (χ1n) is 7.63. The van der Waals surface area contributed by atoms with Gasteiger partial charge in [0.25, 0.3) is 0 Å². The minimum absolute atomic E-state index is 0.159. The molecule has 0 bridgehead atoms. The van der Waals surface area contributed by atoms with E-state index in [9.17, 15) is 4.79 Å². The van der Waals surface area contributed by atoms with E-state index in [0.717, 1.165) is 6.42 Å². The van der Waals surface area contributed by atoms with Gasteiger partial charge in [0.15, 0.2) is 6.29 Å². The highest BCUT2D eigenvalue weighted by Crippen LogP contribution is 2.30. The summed E-state index contributed by atoms with van der Waals surface area (Å²) < 4.78 is 16.5. The normalized spacial score (nSPS) is 33.3. The molecule has 0 radical (unpaired) electrons. The molecule has 23 heavy (non-hydrogen) atoms. The van der Waals surface area contributed by atoms with Gasteiger partial charge in [-0.05, 0) is 36.7 Å². The van der Waals surface area contributed by atoms with Crippen molar-refractivity contribution in [3.05, 3.63) is 20.9 Å². The predicted molar refractivity (Wildman–Crippen MR) is 79.1 cm³/mol. The number of esters is 1. The fourth-order valence-electron chi connectivity index (χ4n) is 2.98. The van der Waals surface area contributed by atoms with Crippen molar-refractivity contribution in [3.63, 3.8) is 0 Å². The lowest BCUT2D eigenvalue weighted by Gasteiger charge is -2.32. The molecular weight excluding hydrogens is 304 g/mol. The van der Waals surface area contributed by atoms with Gasteiger partial charge in [-0.25, -0.2) is 0 Å². The Hall–Kier alpha value is -1.99. The van der Waals surface area contributed by atoms with E-state index in [1.807, 2.05) is 0 Å². The molecule has 2 fully saturated rings. The third-order valence-electron chi connectivity index (χ3n) is 3.93. The van der Waals surface area contributed by atoms with E-state index in [1.165, 1.54) is 6.92 Å². The number of nitrogens with zero attached hydrogens (tertiary/aromatic N) is 6. The van der Waals surface area contributed by atoms with Crippen molar-refractivity contribution < 1.29 is 19.0 Å². The Kier molecular flexibility index (Phi) is 6.49. The molecule has 10 heteroatoms. The van der Waals surface area contributed by atoms with Gasteiger partial charge in [-0.2, -0.15) is 0 Å². The van der Waals surface area contributed by atoms with E-state index in [0.29, 0.717) is 25.7 Å². The number of carbonyl (C=O) groups is 1. The van der Waals surface area contributed by atoms with Crippen LogP contribution in [-0.2, 0) is 19.0 Å². The van der Waals surface area contributed by atoms with Gasteiger partial charge in [0.2, 0.25) is 0 Å². The van der Waals surface area contributed by atoms with Gasteiger partial charge >= 0.3 is 5.97 Å². The number of ether oxygens (including phenoxy) is 3. The lowest BCUT2D eigenvalue weighted by Crippen LogP contribution is -2.35. The van der Waals surface area contributed by atoms with Crippen LogP contribution in [0.15, 0.2) is 10.2 Å². The Labute approximate surface area is 133 Å². The summed E-state index contributed by atoms with van der Waals surface area (Å²) in [6.45, 7) is 1.58. The minimum atomic E-state index is -0.378. The molecule has 4 atom stereocenters. The molecule has 0 amide bonds. The van der Waals surface area contributed by atoms with Crippen LogP contribution in [0.25, 0.3) is 20.9 Å². The van der Waals surface area contributed by atoms with E-state index in [-0.39, 0.29) is 43.2 Å². The van der Waals surface area contributed by atoms with Gasteiger partial charge in [0.05, 0.1) is 12.2 Å². The van der Waals surface area contributed by atoms with Crippen LogP contribution in [0, 0.1) is 0 Å². The summed E-state index contributed by atoms with van der Waals surface area (Å²) in [6.07, 6.45) is 2.43. The molecule has 1 aliphatic heterocycles. The smallest absolute Gasteiger partial charge is 0.302 e. The maximum absolute atomic E-state index is 10.8. The number of azide groups is 2. The highest BCUT2D eigenvalue weighted by Gasteiger charge is 2.33. The average molecular weight is 324 g/mol. The zero-order valence-corrected chi connectivity index (χ0v) is 12.9. The fourth-order valence-corrected chi connectivity index (χ4v) is 2.98. The summed E-state index contributed by atoms with van der Waals surface area (Å²) in [5.74, 6) is -0.334. The summed E-state index contributed by atoms with van der Waals surface area (Å²) in [5.41, 5.74) is 17.2. The van der Waals surface area contributed by atoms with E-state index < -0.39 is 0 Å². The second kappa shape index (κ2) is 8.59. The fraction of sp³-hybridized carbons (Fsp3) is 0.923. The van der Waals surface area contributed by atoms with Gasteiger partial charge in [-0.1, -0.05) is 10.2 Å². The van der Waals surface area contributed by atoms with E-state index in [4.69, 9.17) is 25.3 Å². The quantitative estimate of drug-likeness (QED) is 0.320. The van der Waals surface area contributed by atoms with Crippen LogP contribution in [-0.4, -0.2) is 43.2 Å². The summed E-state index contributed by atoms with van der Waals surface area (Å²) in [4.78, 5) is 16.5. The first-order chi connectivity index (χ1) is 11.1.